The molecule has 19 heavy (non-hydrogen) atoms. The molecule has 2 aromatic carbocycles. The number of benzene rings is 2. The van der Waals surface area contributed by atoms with Crippen LogP contribution in [0.25, 0.3) is 11.1 Å². The minimum Gasteiger partial charge on any atom is -0.495 e. The van der Waals surface area contributed by atoms with Gasteiger partial charge in [-0.3, -0.25) is 4.55 Å². The van der Waals surface area contributed by atoms with Crippen molar-refractivity contribution >= 4 is 21.7 Å². The summed E-state index contributed by atoms with van der Waals surface area (Å²) in [6.45, 7) is 0. The summed E-state index contributed by atoms with van der Waals surface area (Å²) in [6, 6.07) is 11.8. The SMILES string of the molecule is COc1c(-c2ccccc2)cc(Cl)cc1S(=O)(=O)O. The Hall–Kier alpha value is -1.56. The number of ether oxygens (including phenoxy) is 1. The Kier molecular flexibility index (Phi) is 3.80. The van der Waals surface area contributed by atoms with Gasteiger partial charge < -0.3 is 4.74 Å². The topological polar surface area (TPSA) is 63.6 Å². The van der Waals surface area contributed by atoms with Gasteiger partial charge in [-0.15, -0.1) is 0 Å². The smallest absolute Gasteiger partial charge is 0.298 e. The van der Waals surface area contributed by atoms with Crippen LogP contribution in [-0.2, 0) is 10.1 Å². The molecular weight excluding hydrogens is 288 g/mol. The van der Waals surface area contributed by atoms with Crippen molar-refractivity contribution in [1.82, 2.24) is 0 Å². The van der Waals surface area contributed by atoms with E-state index in [0.29, 0.717) is 5.56 Å². The fourth-order valence-electron chi connectivity index (χ4n) is 1.80. The van der Waals surface area contributed by atoms with E-state index in [4.69, 9.17) is 16.3 Å². The second-order valence-electron chi connectivity index (χ2n) is 3.83. The van der Waals surface area contributed by atoms with Crippen LogP contribution in [0.5, 0.6) is 5.75 Å². The molecule has 0 unspecified atom stereocenters. The molecule has 0 aromatic heterocycles. The van der Waals surface area contributed by atoms with Crippen LogP contribution in [0.4, 0.5) is 0 Å². The van der Waals surface area contributed by atoms with E-state index in [0.717, 1.165) is 11.6 Å². The Morgan fingerprint density at radius 1 is 1.16 bits per heavy atom. The average molecular weight is 299 g/mol. The van der Waals surface area contributed by atoms with Gasteiger partial charge in [0.15, 0.2) is 0 Å². The minimum atomic E-state index is -4.41. The van der Waals surface area contributed by atoms with Gasteiger partial charge in [-0.05, 0) is 17.7 Å². The van der Waals surface area contributed by atoms with E-state index in [1.165, 1.54) is 7.11 Å². The van der Waals surface area contributed by atoms with Gasteiger partial charge in [0.2, 0.25) is 0 Å². The quantitative estimate of drug-likeness (QED) is 0.883. The van der Waals surface area contributed by atoms with E-state index in [9.17, 15) is 13.0 Å². The molecule has 0 aliphatic rings. The van der Waals surface area contributed by atoms with Crippen LogP contribution in [0.15, 0.2) is 47.4 Å². The molecule has 0 aliphatic heterocycles. The summed E-state index contributed by atoms with van der Waals surface area (Å²) in [4.78, 5) is -0.346. The zero-order valence-electron chi connectivity index (χ0n) is 10.00. The third kappa shape index (κ3) is 2.89. The third-order valence-electron chi connectivity index (χ3n) is 2.59. The van der Waals surface area contributed by atoms with Gasteiger partial charge >= 0.3 is 0 Å². The lowest BCUT2D eigenvalue weighted by molar-refractivity contribution is 0.399. The molecule has 0 fully saturated rings. The van der Waals surface area contributed by atoms with Crippen molar-refractivity contribution in [3.05, 3.63) is 47.5 Å². The zero-order chi connectivity index (χ0) is 14.0. The van der Waals surface area contributed by atoms with Gasteiger partial charge in [0, 0.05) is 10.6 Å². The molecule has 0 spiro atoms. The first-order chi connectivity index (χ1) is 8.93. The summed E-state index contributed by atoms with van der Waals surface area (Å²) in [7, 11) is -3.07. The maximum atomic E-state index is 11.4. The Morgan fingerprint density at radius 3 is 2.32 bits per heavy atom. The number of hydrogen-bond acceptors (Lipinski definition) is 3. The van der Waals surface area contributed by atoms with Crippen LogP contribution in [-0.4, -0.2) is 20.1 Å². The van der Waals surface area contributed by atoms with Crippen LogP contribution in [0.1, 0.15) is 0 Å². The van der Waals surface area contributed by atoms with Gasteiger partial charge in [-0.1, -0.05) is 41.9 Å². The lowest BCUT2D eigenvalue weighted by Gasteiger charge is -2.12. The predicted molar refractivity (Wildman–Crippen MR) is 73.3 cm³/mol. The van der Waals surface area contributed by atoms with Crippen molar-refractivity contribution in [3.63, 3.8) is 0 Å². The Morgan fingerprint density at radius 2 is 1.79 bits per heavy atom. The number of halogens is 1. The first-order valence-corrected chi connectivity index (χ1v) is 7.15. The molecule has 4 nitrogen and oxygen atoms in total. The molecule has 0 bridgehead atoms. The molecule has 0 atom stereocenters. The number of methoxy groups -OCH3 is 1. The average Bonchev–Trinajstić information content (AvgIpc) is 2.37. The van der Waals surface area contributed by atoms with Gasteiger partial charge in [-0.25, -0.2) is 0 Å². The van der Waals surface area contributed by atoms with E-state index in [-0.39, 0.29) is 15.7 Å². The van der Waals surface area contributed by atoms with Gasteiger partial charge in [-0.2, -0.15) is 8.42 Å². The van der Waals surface area contributed by atoms with Crippen LogP contribution in [0, 0.1) is 0 Å². The highest BCUT2D eigenvalue weighted by Crippen LogP contribution is 2.38. The summed E-state index contributed by atoms with van der Waals surface area (Å²) in [5.41, 5.74) is 1.25. The van der Waals surface area contributed by atoms with E-state index >= 15 is 0 Å². The Balaban J connectivity index is 2.79. The van der Waals surface area contributed by atoms with Crippen LogP contribution >= 0.6 is 11.6 Å². The Bertz CT molecular complexity index is 696. The standard InChI is InChI=1S/C13H11ClO4S/c1-18-13-11(9-5-3-2-4-6-9)7-10(14)8-12(13)19(15,16)17/h2-8H,1H3,(H,15,16,17). The minimum absolute atomic E-state index is 0.0677. The summed E-state index contributed by atoms with van der Waals surface area (Å²) >= 11 is 5.90. The molecule has 2 rings (SSSR count). The molecule has 100 valence electrons. The third-order valence-corrected chi connectivity index (χ3v) is 3.66. The van der Waals surface area contributed by atoms with Crippen molar-refractivity contribution in [1.29, 1.82) is 0 Å². The van der Waals surface area contributed by atoms with Crippen molar-refractivity contribution in [2.45, 2.75) is 4.90 Å². The first-order valence-electron chi connectivity index (χ1n) is 5.34. The van der Waals surface area contributed by atoms with Gasteiger partial charge in [0.1, 0.15) is 10.6 Å². The monoisotopic (exact) mass is 298 g/mol. The molecule has 0 saturated carbocycles. The highest BCUT2D eigenvalue weighted by molar-refractivity contribution is 7.86. The van der Waals surface area contributed by atoms with E-state index in [1.54, 1.807) is 18.2 Å². The normalized spacial score (nSPS) is 11.3. The number of hydrogen-bond donors (Lipinski definition) is 1. The number of rotatable bonds is 3. The van der Waals surface area contributed by atoms with Crippen LogP contribution in [0.2, 0.25) is 5.02 Å². The van der Waals surface area contributed by atoms with E-state index < -0.39 is 10.1 Å². The van der Waals surface area contributed by atoms with Crippen LogP contribution < -0.4 is 4.74 Å². The van der Waals surface area contributed by atoms with Gasteiger partial charge in [0.25, 0.3) is 10.1 Å². The van der Waals surface area contributed by atoms with Crippen molar-refractivity contribution in [2.24, 2.45) is 0 Å². The molecular formula is C13H11ClO4S. The summed E-state index contributed by atoms with van der Waals surface area (Å²) in [5, 5.41) is 0.201. The molecule has 1 N–H and O–H groups in total. The van der Waals surface area contributed by atoms with Crippen molar-refractivity contribution in [2.75, 3.05) is 7.11 Å². The van der Waals surface area contributed by atoms with Crippen molar-refractivity contribution in [3.8, 4) is 16.9 Å². The van der Waals surface area contributed by atoms with E-state index in [2.05, 4.69) is 0 Å². The van der Waals surface area contributed by atoms with Gasteiger partial charge in [0.05, 0.1) is 7.11 Å². The summed E-state index contributed by atoms with van der Waals surface area (Å²) in [5.74, 6) is 0.0677. The molecule has 0 aliphatic carbocycles. The second-order valence-corrected chi connectivity index (χ2v) is 5.65. The lowest BCUT2D eigenvalue weighted by Crippen LogP contribution is -2.03. The maximum absolute atomic E-state index is 11.4. The van der Waals surface area contributed by atoms with Crippen LogP contribution in [0.3, 0.4) is 0 Å². The largest absolute Gasteiger partial charge is 0.495 e. The fourth-order valence-corrected chi connectivity index (χ4v) is 2.79. The predicted octanol–water partition coefficient (Wildman–Crippen LogP) is 3.26. The highest BCUT2D eigenvalue weighted by Gasteiger charge is 2.21. The summed E-state index contributed by atoms with van der Waals surface area (Å²) in [6.07, 6.45) is 0. The summed E-state index contributed by atoms with van der Waals surface area (Å²) < 4.78 is 37.1. The molecule has 0 radical (unpaired) electrons. The molecule has 0 saturated heterocycles. The molecule has 0 heterocycles. The highest BCUT2D eigenvalue weighted by atomic mass is 35.5. The fraction of sp³-hybridized carbons (Fsp3) is 0.0769. The van der Waals surface area contributed by atoms with Crippen molar-refractivity contribution < 1.29 is 17.7 Å². The zero-order valence-corrected chi connectivity index (χ0v) is 11.6. The molecule has 2 aromatic rings. The second kappa shape index (κ2) is 5.21. The molecule has 0 amide bonds. The Labute approximate surface area is 116 Å². The van der Waals surface area contributed by atoms with E-state index in [1.807, 2.05) is 18.2 Å². The maximum Gasteiger partial charge on any atom is 0.298 e. The molecule has 6 heteroatoms. The first kappa shape index (κ1) is 13.9. The lowest BCUT2D eigenvalue weighted by atomic mass is 10.0.